The van der Waals surface area contributed by atoms with Crippen LogP contribution in [0, 0.1) is 21.9 Å². The minimum absolute atomic E-state index is 0.112. The van der Waals surface area contributed by atoms with E-state index >= 15 is 0 Å². The first-order valence-corrected chi connectivity index (χ1v) is 12.5. The maximum atomic E-state index is 13.7. The predicted octanol–water partition coefficient (Wildman–Crippen LogP) is 5.24. The van der Waals surface area contributed by atoms with E-state index < -0.39 is 16.7 Å². The van der Waals surface area contributed by atoms with Crippen molar-refractivity contribution >= 4 is 33.2 Å². The van der Waals surface area contributed by atoms with Crippen LogP contribution in [0.25, 0.3) is 10.8 Å². The number of fused-ring (bicyclic) bond motifs is 2. The molecule has 0 radical (unpaired) electrons. The van der Waals surface area contributed by atoms with E-state index in [1.165, 1.54) is 34.5 Å². The maximum Gasteiger partial charge on any atom is 0.272 e. The number of rotatable bonds is 4. The fourth-order valence-corrected chi connectivity index (χ4v) is 6.01. The van der Waals surface area contributed by atoms with Crippen molar-refractivity contribution in [3.05, 3.63) is 95.1 Å². The van der Waals surface area contributed by atoms with Gasteiger partial charge >= 0.3 is 0 Å². The fraction of sp³-hybridized carbons (Fsp3) is 0.185. The first-order valence-electron chi connectivity index (χ1n) is 11.3. The number of anilines is 1. The number of benzene rings is 3. The highest BCUT2D eigenvalue weighted by Crippen LogP contribution is 2.28. The molecule has 1 aliphatic heterocycles. The van der Waals surface area contributed by atoms with E-state index in [0.717, 1.165) is 23.3 Å². The van der Waals surface area contributed by atoms with E-state index in [-0.39, 0.29) is 17.5 Å². The summed E-state index contributed by atoms with van der Waals surface area (Å²) in [7, 11) is 0.823. The molecule has 35 heavy (non-hydrogen) atoms. The lowest BCUT2D eigenvalue weighted by atomic mass is 9.98. The molecule has 8 heteroatoms. The SMILES string of the molecule is Cn1cc2c(c1C(=O)Nc1ccc(F)c(C#N)c1)CCC(Cc1ccc3ccccc3c1)NS2=N. The summed E-state index contributed by atoms with van der Waals surface area (Å²) >= 11 is 0. The largest absolute Gasteiger partial charge is 0.345 e. The van der Waals surface area contributed by atoms with E-state index in [1.807, 2.05) is 18.3 Å². The molecule has 5 rings (SSSR count). The molecule has 2 unspecified atom stereocenters. The zero-order chi connectivity index (χ0) is 24.5. The molecule has 1 aromatic heterocycles. The molecule has 0 aliphatic carbocycles. The lowest BCUT2D eigenvalue weighted by molar-refractivity contribution is 0.101. The number of aryl methyl sites for hydroxylation is 1. The Labute approximate surface area is 205 Å². The summed E-state index contributed by atoms with van der Waals surface area (Å²) < 4.78 is 27.6. The van der Waals surface area contributed by atoms with Gasteiger partial charge in [-0.1, -0.05) is 42.5 Å². The van der Waals surface area contributed by atoms with Gasteiger partial charge in [-0.3, -0.25) is 9.57 Å². The topological polar surface area (TPSA) is 93.7 Å². The van der Waals surface area contributed by atoms with Gasteiger partial charge in [0.1, 0.15) is 17.6 Å². The molecule has 0 saturated heterocycles. The third-order valence-corrected chi connectivity index (χ3v) is 7.71. The zero-order valence-corrected chi connectivity index (χ0v) is 20.0. The highest BCUT2D eigenvalue weighted by molar-refractivity contribution is 7.84. The van der Waals surface area contributed by atoms with Crippen molar-refractivity contribution in [2.45, 2.75) is 30.2 Å². The summed E-state index contributed by atoms with van der Waals surface area (Å²) in [5.74, 6) is -0.964. The monoisotopic (exact) mass is 485 g/mol. The van der Waals surface area contributed by atoms with Gasteiger partial charge in [0.25, 0.3) is 5.91 Å². The van der Waals surface area contributed by atoms with Crippen LogP contribution in [0.5, 0.6) is 0 Å². The van der Waals surface area contributed by atoms with Crippen LogP contribution in [-0.4, -0.2) is 16.5 Å². The summed E-state index contributed by atoms with van der Waals surface area (Å²) in [6.45, 7) is 0. The predicted molar refractivity (Wildman–Crippen MR) is 136 cm³/mol. The second kappa shape index (κ2) is 9.45. The number of carbonyl (C=O) groups is 1. The smallest absolute Gasteiger partial charge is 0.272 e. The average molecular weight is 486 g/mol. The highest BCUT2D eigenvalue weighted by atomic mass is 32.2. The van der Waals surface area contributed by atoms with Crippen molar-refractivity contribution in [3.63, 3.8) is 0 Å². The summed E-state index contributed by atoms with van der Waals surface area (Å²) in [4.78, 5) is 14.0. The molecule has 0 bridgehead atoms. The van der Waals surface area contributed by atoms with Gasteiger partial charge in [0, 0.05) is 25.0 Å². The fourth-order valence-electron chi connectivity index (χ4n) is 4.64. The van der Waals surface area contributed by atoms with Crippen LogP contribution in [0.15, 0.2) is 71.8 Å². The molecule has 1 aliphatic rings. The van der Waals surface area contributed by atoms with Crippen LogP contribution in [0.4, 0.5) is 10.1 Å². The van der Waals surface area contributed by atoms with Crippen molar-refractivity contribution in [2.75, 3.05) is 5.32 Å². The Morgan fingerprint density at radius 3 is 2.83 bits per heavy atom. The molecule has 2 atom stereocenters. The zero-order valence-electron chi connectivity index (χ0n) is 19.1. The Balaban J connectivity index is 1.36. The third kappa shape index (κ3) is 4.61. The van der Waals surface area contributed by atoms with Crippen molar-refractivity contribution in [3.8, 4) is 6.07 Å². The molecule has 0 fully saturated rings. The second-order valence-corrected chi connectivity index (χ2v) is 10.0. The molecule has 176 valence electrons. The van der Waals surface area contributed by atoms with E-state index in [1.54, 1.807) is 17.7 Å². The lowest BCUT2D eigenvalue weighted by Gasteiger charge is -2.17. The van der Waals surface area contributed by atoms with Crippen LogP contribution in [0.1, 0.15) is 33.6 Å². The highest BCUT2D eigenvalue weighted by Gasteiger charge is 2.27. The van der Waals surface area contributed by atoms with E-state index in [9.17, 15) is 9.18 Å². The second-order valence-electron chi connectivity index (χ2n) is 8.74. The third-order valence-electron chi connectivity index (χ3n) is 6.35. The first kappa shape index (κ1) is 23.0. The van der Waals surface area contributed by atoms with Crippen LogP contribution < -0.4 is 10.0 Å². The van der Waals surface area contributed by atoms with Crippen LogP contribution in [0.3, 0.4) is 0 Å². The average Bonchev–Trinajstić information content (AvgIpc) is 3.12. The Kier molecular flexibility index (Phi) is 6.20. The van der Waals surface area contributed by atoms with E-state index in [4.69, 9.17) is 10.0 Å². The van der Waals surface area contributed by atoms with Gasteiger partial charge in [-0.15, -0.1) is 0 Å². The van der Waals surface area contributed by atoms with Gasteiger partial charge in [-0.25, -0.2) is 9.11 Å². The molecule has 0 spiro atoms. The Hall–Kier alpha value is -3.80. The van der Waals surface area contributed by atoms with Crippen molar-refractivity contribution < 1.29 is 9.18 Å². The molecular formula is C27H24FN5OS. The quantitative estimate of drug-likeness (QED) is 0.369. The minimum Gasteiger partial charge on any atom is -0.345 e. The number of amides is 1. The van der Waals surface area contributed by atoms with Crippen molar-refractivity contribution in [1.82, 2.24) is 9.29 Å². The summed E-state index contributed by atoms with van der Waals surface area (Å²) in [5, 5.41) is 14.3. The summed E-state index contributed by atoms with van der Waals surface area (Å²) in [5.41, 5.74) is 2.80. The van der Waals surface area contributed by atoms with E-state index in [0.29, 0.717) is 17.8 Å². The van der Waals surface area contributed by atoms with Gasteiger partial charge in [0.15, 0.2) is 0 Å². The number of nitrogens with one attached hydrogen (secondary N) is 3. The number of halogens is 1. The molecule has 3 N–H and O–H groups in total. The molecule has 0 saturated carbocycles. The molecule has 6 nitrogen and oxygen atoms in total. The van der Waals surface area contributed by atoms with Crippen LogP contribution in [0.2, 0.25) is 0 Å². The molecule has 4 aromatic rings. The van der Waals surface area contributed by atoms with Gasteiger partial charge in [-0.05, 0) is 70.2 Å². The molecule has 2 heterocycles. The molecule has 1 amide bonds. The van der Waals surface area contributed by atoms with Crippen molar-refractivity contribution in [2.24, 2.45) is 7.05 Å². The summed E-state index contributed by atoms with van der Waals surface area (Å²) in [6.07, 6.45) is 4.11. The van der Waals surface area contributed by atoms with Crippen LogP contribution >= 0.6 is 0 Å². The van der Waals surface area contributed by atoms with Gasteiger partial charge < -0.3 is 9.88 Å². The normalized spacial score (nSPS) is 17.4. The minimum atomic E-state index is -0.967. The van der Waals surface area contributed by atoms with Crippen LogP contribution in [-0.2, 0) is 30.8 Å². The lowest BCUT2D eigenvalue weighted by Crippen LogP contribution is -2.31. The Bertz CT molecular complexity index is 1520. The Morgan fingerprint density at radius 2 is 2.03 bits per heavy atom. The number of nitriles is 1. The molecular weight excluding hydrogens is 461 g/mol. The number of nitrogens with zero attached hydrogens (tertiary/aromatic N) is 2. The number of hydrogen-bond donors (Lipinski definition) is 3. The maximum absolute atomic E-state index is 13.7. The van der Waals surface area contributed by atoms with E-state index in [2.05, 4.69) is 40.4 Å². The van der Waals surface area contributed by atoms with Gasteiger partial charge in [-0.2, -0.15) is 5.26 Å². The number of carbonyl (C=O) groups excluding carboxylic acids is 1. The summed E-state index contributed by atoms with van der Waals surface area (Å²) in [6, 6.07) is 20.6. The number of aromatic nitrogens is 1. The Morgan fingerprint density at radius 1 is 1.23 bits per heavy atom. The first-order chi connectivity index (χ1) is 16.9. The standard InChI is InChI=1S/C27H24FN5OS/c1-33-16-25-23(26(33)27(34)31-21-9-11-24(28)20(14-21)15-29)10-8-22(32-35(25)30)13-17-6-7-18-4-2-3-5-19(18)12-17/h2-7,9,11-12,14,16,22H,8,10,13H2,1H3,(H2,30,32)(H,31,34). The molecule has 3 aromatic carbocycles. The van der Waals surface area contributed by atoms with Gasteiger partial charge in [0.2, 0.25) is 0 Å². The van der Waals surface area contributed by atoms with Crippen molar-refractivity contribution in [1.29, 1.82) is 10.0 Å². The number of hydrogen-bond acceptors (Lipinski definition) is 3. The van der Waals surface area contributed by atoms with Gasteiger partial charge in [0.05, 0.1) is 10.5 Å².